The lowest BCUT2D eigenvalue weighted by Crippen LogP contribution is -1.93. The normalized spacial score (nSPS) is 11.0. The quantitative estimate of drug-likeness (QED) is 0.289. The highest BCUT2D eigenvalue weighted by Gasteiger charge is 1.97. The van der Waals surface area contributed by atoms with Crippen molar-refractivity contribution in [2.45, 2.75) is 103 Å². The van der Waals surface area contributed by atoms with Crippen LogP contribution < -0.4 is 0 Å². The molecule has 0 bridgehead atoms. The van der Waals surface area contributed by atoms with Crippen LogP contribution in [-0.4, -0.2) is 24.3 Å². The van der Waals surface area contributed by atoms with E-state index < -0.39 is 5.97 Å². The summed E-state index contributed by atoms with van der Waals surface area (Å²) in [7, 11) is 0. The van der Waals surface area contributed by atoms with Gasteiger partial charge in [-0.25, -0.2) is 0 Å². The van der Waals surface area contributed by atoms with Gasteiger partial charge in [0, 0.05) is 19.6 Å². The standard InChI is InChI=1S/C20H39O3/c1-2-23-19-17-15-13-11-9-7-5-3-4-6-8-10-12-14-16-18-20(21)22/h1-19H2,(H,21,22). The van der Waals surface area contributed by atoms with E-state index in [0.29, 0.717) is 13.0 Å². The van der Waals surface area contributed by atoms with Crippen molar-refractivity contribution in [1.82, 2.24) is 0 Å². The van der Waals surface area contributed by atoms with Gasteiger partial charge >= 0.3 is 5.97 Å². The molecular weight excluding hydrogens is 288 g/mol. The van der Waals surface area contributed by atoms with Gasteiger partial charge in [0.25, 0.3) is 0 Å². The highest BCUT2D eigenvalue weighted by atomic mass is 16.5. The molecule has 23 heavy (non-hydrogen) atoms. The molecule has 0 aromatic carbocycles. The molecule has 3 nitrogen and oxygen atoms in total. The molecule has 0 aliphatic heterocycles. The summed E-state index contributed by atoms with van der Waals surface area (Å²) in [6, 6.07) is 0. The van der Waals surface area contributed by atoms with Crippen LogP contribution in [0, 0.1) is 6.92 Å². The van der Waals surface area contributed by atoms with Crippen molar-refractivity contribution in [3.63, 3.8) is 0 Å². The average Bonchev–Trinajstić information content (AvgIpc) is 2.53. The molecule has 3 heteroatoms. The zero-order valence-corrected chi connectivity index (χ0v) is 15.2. The fraction of sp³-hybridized carbons (Fsp3) is 0.900. The van der Waals surface area contributed by atoms with Gasteiger partial charge in [0.1, 0.15) is 0 Å². The molecule has 0 atom stereocenters. The van der Waals surface area contributed by atoms with Crippen LogP contribution in [0.2, 0.25) is 0 Å². The largest absolute Gasteiger partial charge is 0.481 e. The molecule has 1 radical (unpaired) electrons. The minimum atomic E-state index is -0.659. The Morgan fingerprint density at radius 2 is 1.00 bits per heavy atom. The highest BCUT2D eigenvalue weighted by Crippen LogP contribution is 2.13. The second-order valence-corrected chi connectivity index (χ2v) is 6.56. The molecule has 0 aliphatic rings. The summed E-state index contributed by atoms with van der Waals surface area (Å²) in [6.45, 7) is 5.14. The first-order chi connectivity index (χ1) is 11.3. The lowest BCUT2D eigenvalue weighted by atomic mass is 10.0. The maximum atomic E-state index is 10.4. The van der Waals surface area contributed by atoms with E-state index >= 15 is 0 Å². The van der Waals surface area contributed by atoms with E-state index in [2.05, 4.69) is 6.92 Å². The molecule has 0 aromatic heterocycles. The highest BCUT2D eigenvalue weighted by molar-refractivity contribution is 5.66. The Bertz CT molecular complexity index is 241. The van der Waals surface area contributed by atoms with Crippen LogP contribution in [0.25, 0.3) is 0 Å². The van der Waals surface area contributed by atoms with Gasteiger partial charge < -0.3 is 9.84 Å². The Morgan fingerprint density at radius 3 is 1.35 bits per heavy atom. The SMILES string of the molecule is [CH2]COCCCCCCCCCCCCCCCCCC(=O)O. The monoisotopic (exact) mass is 327 g/mol. The van der Waals surface area contributed by atoms with Crippen molar-refractivity contribution in [2.75, 3.05) is 13.2 Å². The van der Waals surface area contributed by atoms with Crippen LogP contribution in [0.4, 0.5) is 0 Å². The zero-order chi connectivity index (χ0) is 17.0. The molecule has 0 fully saturated rings. The van der Waals surface area contributed by atoms with Gasteiger partial charge in [0.15, 0.2) is 0 Å². The molecule has 0 aliphatic carbocycles. The van der Waals surface area contributed by atoms with E-state index in [0.717, 1.165) is 19.4 Å². The molecule has 0 rings (SSSR count). The Labute approximate surface area is 144 Å². The number of carbonyl (C=O) groups is 1. The Kier molecular flexibility index (Phi) is 19.0. The third kappa shape index (κ3) is 21.4. The van der Waals surface area contributed by atoms with E-state index in [9.17, 15) is 4.79 Å². The van der Waals surface area contributed by atoms with Gasteiger partial charge in [-0.2, -0.15) is 0 Å². The number of unbranched alkanes of at least 4 members (excludes halogenated alkanes) is 14. The molecule has 0 unspecified atom stereocenters. The topological polar surface area (TPSA) is 46.5 Å². The van der Waals surface area contributed by atoms with E-state index in [1.165, 1.54) is 83.5 Å². The van der Waals surface area contributed by atoms with E-state index in [-0.39, 0.29) is 0 Å². The van der Waals surface area contributed by atoms with Gasteiger partial charge in [-0.05, 0) is 19.8 Å². The Balaban J connectivity index is 2.96. The van der Waals surface area contributed by atoms with Crippen molar-refractivity contribution in [3.8, 4) is 0 Å². The van der Waals surface area contributed by atoms with Crippen molar-refractivity contribution < 1.29 is 14.6 Å². The lowest BCUT2D eigenvalue weighted by molar-refractivity contribution is -0.137. The van der Waals surface area contributed by atoms with Gasteiger partial charge in [0.2, 0.25) is 0 Å². The average molecular weight is 328 g/mol. The van der Waals surface area contributed by atoms with Crippen LogP contribution in [0.1, 0.15) is 103 Å². The van der Waals surface area contributed by atoms with Gasteiger partial charge in [0.05, 0.1) is 0 Å². The van der Waals surface area contributed by atoms with E-state index in [1.54, 1.807) is 0 Å². The summed E-state index contributed by atoms with van der Waals surface area (Å²) in [5, 5.41) is 8.54. The van der Waals surface area contributed by atoms with Crippen LogP contribution in [0.3, 0.4) is 0 Å². The molecule has 0 saturated heterocycles. The summed E-state index contributed by atoms with van der Waals surface area (Å²) < 4.78 is 5.23. The fourth-order valence-corrected chi connectivity index (χ4v) is 2.88. The summed E-state index contributed by atoms with van der Waals surface area (Å²) in [4.78, 5) is 10.4. The summed E-state index contributed by atoms with van der Waals surface area (Å²) in [6.07, 6.45) is 19.6. The first-order valence-electron chi connectivity index (χ1n) is 9.86. The van der Waals surface area contributed by atoms with Crippen molar-refractivity contribution in [3.05, 3.63) is 6.92 Å². The van der Waals surface area contributed by atoms with Crippen LogP contribution in [-0.2, 0) is 9.53 Å². The summed E-state index contributed by atoms with van der Waals surface area (Å²) in [5.74, 6) is -0.659. The summed E-state index contributed by atoms with van der Waals surface area (Å²) >= 11 is 0. The number of ether oxygens (including phenoxy) is 1. The van der Waals surface area contributed by atoms with Crippen molar-refractivity contribution >= 4 is 5.97 Å². The predicted molar refractivity (Wildman–Crippen MR) is 97.7 cm³/mol. The Morgan fingerprint density at radius 1 is 0.652 bits per heavy atom. The maximum absolute atomic E-state index is 10.4. The molecule has 0 aromatic rings. The number of hydrogen-bond donors (Lipinski definition) is 1. The fourth-order valence-electron chi connectivity index (χ4n) is 2.88. The molecule has 137 valence electrons. The molecule has 0 spiro atoms. The number of rotatable bonds is 19. The van der Waals surface area contributed by atoms with Crippen LogP contribution in [0.15, 0.2) is 0 Å². The number of carboxylic acids is 1. The summed E-state index contributed by atoms with van der Waals surface area (Å²) in [5.41, 5.74) is 0. The van der Waals surface area contributed by atoms with Crippen LogP contribution >= 0.6 is 0 Å². The number of hydrogen-bond acceptors (Lipinski definition) is 2. The zero-order valence-electron chi connectivity index (χ0n) is 15.2. The third-order valence-electron chi connectivity index (χ3n) is 4.32. The molecule has 1 N–H and O–H groups in total. The van der Waals surface area contributed by atoms with Gasteiger partial charge in [-0.15, -0.1) is 0 Å². The second kappa shape index (κ2) is 19.5. The third-order valence-corrected chi connectivity index (χ3v) is 4.32. The first kappa shape index (κ1) is 22.4. The van der Waals surface area contributed by atoms with Crippen LogP contribution in [0.5, 0.6) is 0 Å². The molecular formula is C20H39O3. The number of aliphatic carboxylic acids is 1. The number of carboxylic acid groups (broad SMARTS) is 1. The van der Waals surface area contributed by atoms with Gasteiger partial charge in [-0.3, -0.25) is 4.79 Å². The van der Waals surface area contributed by atoms with Crippen molar-refractivity contribution in [1.29, 1.82) is 0 Å². The molecule has 0 heterocycles. The van der Waals surface area contributed by atoms with Gasteiger partial charge in [-0.1, -0.05) is 83.5 Å². The molecule has 0 amide bonds. The maximum Gasteiger partial charge on any atom is 0.303 e. The molecule has 0 saturated carbocycles. The lowest BCUT2D eigenvalue weighted by Gasteiger charge is -2.04. The minimum Gasteiger partial charge on any atom is -0.481 e. The van der Waals surface area contributed by atoms with E-state index in [4.69, 9.17) is 9.84 Å². The first-order valence-corrected chi connectivity index (χ1v) is 9.86. The Hall–Kier alpha value is -0.570. The van der Waals surface area contributed by atoms with E-state index in [1.807, 2.05) is 0 Å². The smallest absolute Gasteiger partial charge is 0.303 e. The predicted octanol–water partition coefficient (Wildman–Crippen LogP) is 6.16. The minimum absolute atomic E-state index is 0.337. The van der Waals surface area contributed by atoms with Crippen molar-refractivity contribution in [2.24, 2.45) is 0 Å². The second-order valence-electron chi connectivity index (χ2n) is 6.56.